The minimum Gasteiger partial charge on any atom is -0.490 e. The molecule has 5 rings (SSSR count). The molecular weight excluding hydrogens is 338 g/mol. The van der Waals surface area contributed by atoms with Gasteiger partial charge in [-0.05, 0) is 62.8 Å². The van der Waals surface area contributed by atoms with Crippen LogP contribution in [0.15, 0.2) is 24.3 Å². The van der Waals surface area contributed by atoms with Gasteiger partial charge in [0, 0.05) is 19.6 Å². The molecule has 27 heavy (non-hydrogen) atoms. The highest BCUT2D eigenvalue weighted by molar-refractivity contribution is 5.29. The van der Waals surface area contributed by atoms with Gasteiger partial charge in [-0.3, -0.25) is 4.90 Å². The van der Waals surface area contributed by atoms with Gasteiger partial charge in [-0.15, -0.1) is 10.2 Å². The average Bonchev–Trinajstić information content (AvgIpc) is 3.43. The molecule has 2 aromatic rings. The lowest BCUT2D eigenvalue weighted by Gasteiger charge is -2.26. The van der Waals surface area contributed by atoms with Crippen molar-refractivity contribution >= 4 is 0 Å². The highest BCUT2D eigenvalue weighted by atomic mass is 16.5. The maximum Gasteiger partial charge on any atom is 0.150 e. The molecule has 6 nitrogen and oxygen atoms in total. The molecule has 1 aromatic carbocycles. The van der Waals surface area contributed by atoms with Crippen molar-refractivity contribution in [2.75, 3.05) is 13.1 Å². The maximum absolute atomic E-state index is 6.20. The van der Waals surface area contributed by atoms with Crippen molar-refractivity contribution in [2.24, 2.45) is 0 Å². The summed E-state index contributed by atoms with van der Waals surface area (Å²) in [6.07, 6.45) is 7.82. The van der Waals surface area contributed by atoms with Gasteiger partial charge in [0.15, 0.2) is 5.82 Å². The van der Waals surface area contributed by atoms with E-state index in [0.717, 1.165) is 50.1 Å². The van der Waals surface area contributed by atoms with Crippen LogP contribution in [0.3, 0.4) is 0 Å². The van der Waals surface area contributed by atoms with Crippen molar-refractivity contribution in [3.8, 4) is 5.75 Å². The Labute approximate surface area is 160 Å². The van der Waals surface area contributed by atoms with Crippen molar-refractivity contribution in [2.45, 2.75) is 70.3 Å². The van der Waals surface area contributed by atoms with E-state index in [1.54, 1.807) is 0 Å². The zero-order chi connectivity index (χ0) is 18.1. The maximum atomic E-state index is 6.20. The van der Waals surface area contributed by atoms with E-state index in [1.807, 2.05) is 0 Å². The van der Waals surface area contributed by atoms with Crippen LogP contribution in [-0.2, 0) is 19.6 Å². The number of rotatable bonds is 5. The number of nitrogens with one attached hydrogen (secondary N) is 1. The van der Waals surface area contributed by atoms with Crippen molar-refractivity contribution < 1.29 is 4.74 Å². The van der Waals surface area contributed by atoms with Gasteiger partial charge in [0.05, 0.1) is 18.7 Å². The molecule has 1 aliphatic carbocycles. The molecule has 2 fully saturated rings. The number of hydrogen-bond acceptors (Lipinski definition) is 5. The van der Waals surface area contributed by atoms with Crippen LogP contribution in [0.2, 0.25) is 0 Å². The van der Waals surface area contributed by atoms with Crippen LogP contribution in [0.1, 0.15) is 61.8 Å². The van der Waals surface area contributed by atoms with Crippen molar-refractivity contribution in [1.82, 2.24) is 25.0 Å². The second-order valence-corrected chi connectivity index (χ2v) is 8.10. The summed E-state index contributed by atoms with van der Waals surface area (Å²) >= 11 is 0. The zero-order valence-electron chi connectivity index (χ0n) is 15.9. The normalized spacial score (nSPS) is 23.6. The highest BCUT2D eigenvalue weighted by Crippen LogP contribution is 2.33. The molecule has 0 radical (unpaired) electrons. The number of likely N-dealkylation sites (tertiary alicyclic amines) is 1. The number of nitrogens with zero attached hydrogens (tertiary/aromatic N) is 4. The molecule has 1 saturated heterocycles. The lowest BCUT2D eigenvalue weighted by molar-refractivity contribution is 0.208. The lowest BCUT2D eigenvalue weighted by Crippen LogP contribution is -2.31. The second-order valence-electron chi connectivity index (χ2n) is 8.10. The van der Waals surface area contributed by atoms with Crippen LogP contribution >= 0.6 is 0 Å². The summed E-state index contributed by atoms with van der Waals surface area (Å²) in [5.74, 6) is 3.26. The summed E-state index contributed by atoms with van der Waals surface area (Å²) in [7, 11) is 0. The fraction of sp³-hybridized carbons (Fsp3) is 0.619. The van der Waals surface area contributed by atoms with Gasteiger partial charge in [0.2, 0.25) is 0 Å². The second kappa shape index (κ2) is 7.60. The Bertz CT molecular complexity index is 783. The van der Waals surface area contributed by atoms with Gasteiger partial charge in [-0.25, -0.2) is 0 Å². The first-order valence-corrected chi connectivity index (χ1v) is 10.5. The van der Waals surface area contributed by atoms with Gasteiger partial charge >= 0.3 is 0 Å². The molecule has 2 aliphatic heterocycles. The Hall–Kier alpha value is -1.92. The first kappa shape index (κ1) is 17.2. The van der Waals surface area contributed by atoms with Crippen LogP contribution in [-0.4, -0.2) is 38.9 Å². The summed E-state index contributed by atoms with van der Waals surface area (Å²) in [5, 5.41) is 12.4. The largest absolute Gasteiger partial charge is 0.490 e. The molecule has 144 valence electrons. The van der Waals surface area contributed by atoms with E-state index in [1.165, 1.54) is 44.1 Å². The van der Waals surface area contributed by atoms with E-state index in [0.29, 0.717) is 12.1 Å². The summed E-state index contributed by atoms with van der Waals surface area (Å²) < 4.78 is 8.53. The lowest BCUT2D eigenvalue weighted by atomic mass is 10.1. The standard InChI is InChI=1S/C21H29N5O/c1-2-7-17(6-1)27-18-8-3-5-16(13-18)15-25-11-4-9-19(25)21-24-23-20-14-22-10-12-26(20)21/h3,5,8,13,17,19,22H,1-2,4,6-7,9-12,14-15H2/t19-/m1/s1. The highest BCUT2D eigenvalue weighted by Gasteiger charge is 2.31. The van der Waals surface area contributed by atoms with Crippen LogP contribution in [0.4, 0.5) is 0 Å². The molecule has 0 amide bonds. The predicted octanol–water partition coefficient (Wildman–Crippen LogP) is 3.04. The van der Waals surface area contributed by atoms with Gasteiger partial charge in [-0.2, -0.15) is 0 Å². The Balaban J connectivity index is 1.30. The van der Waals surface area contributed by atoms with Crippen LogP contribution < -0.4 is 10.1 Å². The Kier molecular flexibility index (Phi) is 4.84. The van der Waals surface area contributed by atoms with Crippen LogP contribution in [0.5, 0.6) is 5.75 Å². The van der Waals surface area contributed by atoms with Gasteiger partial charge < -0.3 is 14.6 Å². The Morgan fingerprint density at radius 2 is 2.00 bits per heavy atom. The van der Waals surface area contributed by atoms with Crippen molar-refractivity contribution in [3.63, 3.8) is 0 Å². The molecule has 1 aromatic heterocycles. The SMILES string of the molecule is c1cc(CN2CCC[C@@H]2c2nnc3n2CCNC3)cc(OC2CCCC2)c1. The first-order chi connectivity index (χ1) is 13.4. The number of hydrogen-bond donors (Lipinski definition) is 1. The molecule has 0 bridgehead atoms. The molecular formula is C21H29N5O. The predicted molar refractivity (Wildman–Crippen MR) is 103 cm³/mol. The van der Waals surface area contributed by atoms with Crippen LogP contribution in [0.25, 0.3) is 0 Å². The van der Waals surface area contributed by atoms with E-state index in [4.69, 9.17) is 4.74 Å². The minimum absolute atomic E-state index is 0.378. The van der Waals surface area contributed by atoms with Gasteiger partial charge in [-0.1, -0.05) is 12.1 Å². The summed E-state index contributed by atoms with van der Waals surface area (Å²) in [4.78, 5) is 2.56. The van der Waals surface area contributed by atoms with Crippen molar-refractivity contribution in [1.29, 1.82) is 0 Å². The molecule has 3 heterocycles. The average molecular weight is 367 g/mol. The molecule has 1 saturated carbocycles. The zero-order valence-corrected chi connectivity index (χ0v) is 15.9. The summed E-state index contributed by atoms with van der Waals surface area (Å²) in [6.45, 7) is 4.89. The molecule has 1 atom stereocenters. The molecule has 3 aliphatic rings. The van der Waals surface area contributed by atoms with E-state index in [2.05, 4.69) is 49.2 Å². The molecule has 0 unspecified atom stereocenters. The smallest absolute Gasteiger partial charge is 0.150 e. The fourth-order valence-corrected chi connectivity index (χ4v) is 4.82. The summed E-state index contributed by atoms with van der Waals surface area (Å²) in [6, 6.07) is 9.07. The number of fused-ring (bicyclic) bond motifs is 1. The Morgan fingerprint density at radius 3 is 2.93 bits per heavy atom. The molecule has 6 heteroatoms. The van der Waals surface area contributed by atoms with E-state index < -0.39 is 0 Å². The van der Waals surface area contributed by atoms with Gasteiger partial charge in [0.1, 0.15) is 11.6 Å². The number of benzene rings is 1. The quantitative estimate of drug-likeness (QED) is 0.880. The number of aromatic nitrogens is 3. The minimum atomic E-state index is 0.378. The third-order valence-electron chi connectivity index (χ3n) is 6.20. The fourth-order valence-electron chi connectivity index (χ4n) is 4.82. The van der Waals surface area contributed by atoms with Crippen LogP contribution in [0, 0.1) is 0 Å². The van der Waals surface area contributed by atoms with E-state index in [9.17, 15) is 0 Å². The third-order valence-corrected chi connectivity index (χ3v) is 6.20. The topological polar surface area (TPSA) is 55.2 Å². The van der Waals surface area contributed by atoms with E-state index >= 15 is 0 Å². The summed E-state index contributed by atoms with van der Waals surface area (Å²) in [5.41, 5.74) is 1.33. The molecule has 0 spiro atoms. The monoisotopic (exact) mass is 367 g/mol. The Morgan fingerprint density at radius 1 is 1.07 bits per heavy atom. The van der Waals surface area contributed by atoms with Crippen molar-refractivity contribution in [3.05, 3.63) is 41.5 Å². The third kappa shape index (κ3) is 3.60. The number of ether oxygens (including phenoxy) is 1. The van der Waals surface area contributed by atoms with E-state index in [-0.39, 0.29) is 0 Å². The van der Waals surface area contributed by atoms with Gasteiger partial charge in [0.25, 0.3) is 0 Å². The molecule has 1 N–H and O–H groups in total. The first-order valence-electron chi connectivity index (χ1n) is 10.5.